The molecule has 0 saturated carbocycles. The highest BCUT2D eigenvalue weighted by molar-refractivity contribution is 7.48. The molecule has 0 spiro atoms. The molecule has 0 N–H and O–H groups in total. The first-order valence-electron chi connectivity index (χ1n) is 3.86. The highest BCUT2D eigenvalue weighted by atomic mass is 35.5. The van der Waals surface area contributed by atoms with E-state index in [1.807, 2.05) is 0 Å². The largest absolute Gasteiger partial charge is 0.474 e. The molecule has 80 valence electrons. The van der Waals surface area contributed by atoms with Gasteiger partial charge >= 0.3 is 7.82 Å². The van der Waals surface area contributed by atoms with Crippen LogP contribution in [0.2, 0.25) is 0 Å². The van der Waals surface area contributed by atoms with Gasteiger partial charge in [-0.1, -0.05) is 0 Å². The molecular formula is C6H13Cl2O4P. The maximum absolute atomic E-state index is 11.5. The van der Waals surface area contributed by atoms with Crippen LogP contribution in [0.25, 0.3) is 0 Å². The lowest BCUT2D eigenvalue weighted by Crippen LogP contribution is -2.05. The van der Waals surface area contributed by atoms with E-state index >= 15 is 0 Å². The molecule has 0 aliphatic carbocycles. The van der Waals surface area contributed by atoms with Crippen LogP contribution in [-0.2, 0) is 18.1 Å². The summed E-state index contributed by atoms with van der Waals surface area (Å²) in [6.07, 6.45) is 0. The first-order chi connectivity index (χ1) is 6.04. The van der Waals surface area contributed by atoms with Crippen LogP contribution in [-0.4, -0.2) is 24.7 Å². The van der Waals surface area contributed by atoms with Crippen LogP contribution in [0.1, 0.15) is 13.8 Å². The average Bonchev–Trinajstić information content (AvgIpc) is 2.02. The van der Waals surface area contributed by atoms with Crippen LogP contribution in [0.4, 0.5) is 0 Å². The predicted molar refractivity (Wildman–Crippen MR) is 52.3 cm³/mol. The lowest BCUT2D eigenvalue weighted by molar-refractivity contribution is 0.125. The quantitative estimate of drug-likeness (QED) is 0.515. The molecule has 0 saturated heterocycles. The van der Waals surface area contributed by atoms with Crippen molar-refractivity contribution in [2.75, 3.05) is 19.8 Å². The molecule has 0 atom stereocenters. The van der Waals surface area contributed by atoms with Crippen molar-refractivity contribution in [3.05, 3.63) is 0 Å². The zero-order chi connectivity index (χ0) is 10.3. The molecule has 4 nitrogen and oxygen atoms in total. The number of hydrogen-bond acceptors (Lipinski definition) is 4. The maximum Gasteiger partial charge on any atom is 0.474 e. The van der Waals surface area contributed by atoms with Crippen molar-refractivity contribution in [3.63, 3.8) is 0 Å². The van der Waals surface area contributed by atoms with Crippen molar-refractivity contribution in [2.24, 2.45) is 0 Å². The Hall–Kier alpha value is 0.690. The van der Waals surface area contributed by atoms with E-state index < -0.39 is 12.7 Å². The fraction of sp³-hybridized carbons (Fsp3) is 1.00. The van der Waals surface area contributed by atoms with Crippen LogP contribution in [0.5, 0.6) is 0 Å². The zero-order valence-corrected chi connectivity index (χ0v) is 9.94. The van der Waals surface area contributed by atoms with Crippen molar-refractivity contribution in [1.82, 2.24) is 0 Å². The first-order valence-corrected chi connectivity index (χ1v) is 6.19. The van der Waals surface area contributed by atoms with E-state index in [-0.39, 0.29) is 19.8 Å². The lowest BCUT2D eigenvalue weighted by atomic mass is 10.9. The fourth-order valence-electron chi connectivity index (χ4n) is 0.576. The Bertz CT molecular complexity index is 166. The normalized spacial score (nSPS) is 12.4. The second-order valence-corrected chi connectivity index (χ2v) is 4.92. The minimum absolute atomic E-state index is 0.0829. The van der Waals surface area contributed by atoms with Crippen molar-refractivity contribution >= 4 is 31.0 Å². The number of phosphoric acid groups is 1. The lowest BCUT2D eigenvalue weighted by Gasteiger charge is -2.16. The summed E-state index contributed by atoms with van der Waals surface area (Å²) in [7, 11) is -3.44. The maximum atomic E-state index is 11.5. The minimum Gasteiger partial charge on any atom is -0.287 e. The Labute approximate surface area is 88.1 Å². The van der Waals surface area contributed by atoms with Crippen LogP contribution >= 0.6 is 31.0 Å². The topological polar surface area (TPSA) is 44.8 Å². The minimum atomic E-state index is -3.44. The van der Waals surface area contributed by atoms with E-state index in [9.17, 15) is 4.57 Å². The van der Waals surface area contributed by atoms with Crippen LogP contribution < -0.4 is 0 Å². The highest BCUT2D eigenvalue weighted by Crippen LogP contribution is 2.49. The van der Waals surface area contributed by atoms with Crippen LogP contribution in [0.3, 0.4) is 0 Å². The van der Waals surface area contributed by atoms with E-state index in [0.29, 0.717) is 0 Å². The third-order valence-electron chi connectivity index (χ3n) is 0.933. The van der Waals surface area contributed by atoms with Gasteiger partial charge in [-0.2, -0.15) is 0 Å². The van der Waals surface area contributed by atoms with Gasteiger partial charge < -0.3 is 0 Å². The molecular weight excluding hydrogens is 238 g/mol. The Morgan fingerprint density at radius 3 is 1.92 bits per heavy atom. The Kier molecular flexibility index (Phi) is 7.42. The molecule has 0 radical (unpaired) electrons. The molecule has 0 unspecified atom stereocenters. The molecule has 0 fully saturated rings. The second-order valence-electron chi connectivity index (χ2n) is 1.97. The summed E-state index contributed by atoms with van der Waals surface area (Å²) in [5.41, 5.74) is 0. The van der Waals surface area contributed by atoms with Gasteiger partial charge in [0.1, 0.15) is 4.84 Å². The van der Waals surface area contributed by atoms with E-state index in [2.05, 4.69) is 0 Å². The van der Waals surface area contributed by atoms with Gasteiger partial charge in [0, 0.05) is 0 Å². The predicted octanol–water partition coefficient (Wildman–Crippen LogP) is 2.99. The number of rotatable bonds is 7. The summed E-state index contributed by atoms with van der Waals surface area (Å²) in [6.45, 7) is 3.78. The summed E-state index contributed by atoms with van der Waals surface area (Å²) >= 11 is 10.8. The van der Waals surface area contributed by atoms with Gasteiger partial charge in [-0.25, -0.2) is 4.57 Å². The molecule has 0 rings (SSSR count). The summed E-state index contributed by atoms with van der Waals surface area (Å²) in [4.78, 5) is -0.741. The molecule has 0 aromatic heterocycles. The first kappa shape index (κ1) is 13.7. The molecule has 0 bridgehead atoms. The monoisotopic (exact) mass is 250 g/mol. The molecule has 13 heavy (non-hydrogen) atoms. The van der Waals surface area contributed by atoms with Gasteiger partial charge in [-0.15, -0.1) is 23.2 Å². The van der Waals surface area contributed by atoms with Gasteiger partial charge in [0.25, 0.3) is 0 Å². The Morgan fingerprint density at radius 2 is 1.62 bits per heavy atom. The SMILES string of the molecule is CCOP(=O)(OCC)OCC(Cl)Cl. The molecule has 0 amide bonds. The second kappa shape index (κ2) is 7.04. The smallest absolute Gasteiger partial charge is 0.287 e. The van der Waals surface area contributed by atoms with Crippen molar-refractivity contribution in [3.8, 4) is 0 Å². The number of halogens is 2. The molecule has 0 aromatic rings. The van der Waals surface area contributed by atoms with E-state index in [4.69, 9.17) is 36.8 Å². The molecule has 0 aliphatic heterocycles. The van der Waals surface area contributed by atoms with Gasteiger partial charge in [-0.3, -0.25) is 13.6 Å². The van der Waals surface area contributed by atoms with Crippen molar-refractivity contribution in [1.29, 1.82) is 0 Å². The summed E-state index contributed by atoms with van der Waals surface area (Å²) in [5.74, 6) is 0. The fourth-order valence-corrected chi connectivity index (χ4v) is 2.07. The van der Waals surface area contributed by atoms with Crippen LogP contribution in [0, 0.1) is 0 Å². The van der Waals surface area contributed by atoms with E-state index in [1.54, 1.807) is 13.8 Å². The molecule has 0 aromatic carbocycles. The van der Waals surface area contributed by atoms with Crippen LogP contribution in [0.15, 0.2) is 0 Å². The third-order valence-corrected chi connectivity index (χ3v) is 2.80. The molecule has 7 heteroatoms. The number of alkyl halides is 2. The Morgan fingerprint density at radius 1 is 1.15 bits per heavy atom. The standard InChI is InChI=1S/C6H13Cl2O4P/c1-3-10-13(9,11-4-2)12-5-6(7)8/h6H,3-5H2,1-2H3. The van der Waals surface area contributed by atoms with E-state index in [1.165, 1.54) is 0 Å². The number of phosphoric ester groups is 1. The zero-order valence-electron chi connectivity index (χ0n) is 7.53. The highest BCUT2D eigenvalue weighted by Gasteiger charge is 2.25. The van der Waals surface area contributed by atoms with Gasteiger partial charge in [0.2, 0.25) is 0 Å². The van der Waals surface area contributed by atoms with Crippen molar-refractivity contribution in [2.45, 2.75) is 18.7 Å². The average molecular weight is 251 g/mol. The van der Waals surface area contributed by atoms with Gasteiger partial charge in [-0.05, 0) is 13.8 Å². The summed E-state index contributed by atoms with van der Waals surface area (Å²) < 4.78 is 26.0. The van der Waals surface area contributed by atoms with Gasteiger partial charge in [0.05, 0.1) is 19.8 Å². The van der Waals surface area contributed by atoms with Crippen molar-refractivity contribution < 1.29 is 18.1 Å². The molecule has 0 aliphatic rings. The summed E-state index contributed by atoms with van der Waals surface area (Å²) in [6, 6.07) is 0. The summed E-state index contributed by atoms with van der Waals surface area (Å²) in [5, 5.41) is 0. The number of hydrogen-bond donors (Lipinski definition) is 0. The van der Waals surface area contributed by atoms with Gasteiger partial charge in [0.15, 0.2) is 0 Å². The molecule has 0 heterocycles. The van der Waals surface area contributed by atoms with E-state index in [0.717, 1.165) is 0 Å². The third kappa shape index (κ3) is 6.72. The Balaban J connectivity index is 3.99.